The third-order valence-electron chi connectivity index (χ3n) is 4.15. The molecule has 2 nitrogen and oxygen atoms in total. The quantitative estimate of drug-likeness (QED) is 0.465. The molecule has 0 N–H and O–H groups in total. The van der Waals surface area contributed by atoms with Gasteiger partial charge in [-0.3, -0.25) is 0 Å². The van der Waals surface area contributed by atoms with Crippen LogP contribution < -0.4 is 4.57 Å². The summed E-state index contributed by atoms with van der Waals surface area (Å²) in [6.07, 6.45) is 4.20. The van der Waals surface area contributed by atoms with Crippen LogP contribution in [0.1, 0.15) is 5.56 Å². The van der Waals surface area contributed by atoms with E-state index in [4.69, 9.17) is 0 Å². The van der Waals surface area contributed by atoms with E-state index in [1.54, 1.807) is 0 Å². The molecule has 0 fully saturated rings. The zero-order valence-electron chi connectivity index (χ0n) is 12.4. The molecular weight excluding hydrogens is 276 g/mol. The number of imidazole rings is 1. The van der Waals surface area contributed by atoms with Gasteiger partial charge in [0.05, 0.1) is 19.7 Å². The van der Waals surface area contributed by atoms with Crippen LogP contribution in [0.2, 0.25) is 0 Å². The Morgan fingerprint density at radius 2 is 1.86 bits per heavy atom. The Kier molecular flexibility index (Phi) is 2.66. The first-order chi connectivity index (χ1) is 10.1. The van der Waals surface area contributed by atoms with Crippen LogP contribution in [-0.2, 0) is 14.1 Å². The first-order valence-corrected chi connectivity index (χ1v) is 7.90. The van der Waals surface area contributed by atoms with E-state index in [9.17, 15) is 0 Å². The Balaban J connectivity index is 2.11. The monoisotopic (exact) mass is 293 g/mol. The van der Waals surface area contributed by atoms with Gasteiger partial charge in [0.25, 0.3) is 5.82 Å². The van der Waals surface area contributed by atoms with Crippen LogP contribution in [0.4, 0.5) is 0 Å². The number of hydrogen-bond donors (Lipinski definition) is 0. The van der Waals surface area contributed by atoms with Crippen molar-refractivity contribution in [3.63, 3.8) is 0 Å². The van der Waals surface area contributed by atoms with Crippen molar-refractivity contribution in [3.8, 4) is 11.4 Å². The molecule has 0 unspecified atom stereocenters. The summed E-state index contributed by atoms with van der Waals surface area (Å²) < 4.78 is 7.10. The molecule has 4 rings (SSSR count). The first-order valence-electron chi connectivity index (χ1n) is 7.08. The molecule has 2 aromatic heterocycles. The summed E-state index contributed by atoms with van der Waals surface area (Å²) in [6.45, 7) is 2.20. The largest absolute Gasteiger partial charge is 0.288 e. The van der Waals surface area contributed by atoms with Gasteiger partial charge in [-0.05, 0) is 30.7 Å². The fourth-order valence-corrected chi connectivity index (χ4v) is 4.27. The number of benzene rings is 2. The van der Waals surface area contributed by atoms with Gasteiger partial charge in [-0.15, -0.1) is 11.3 Å². The van der Waals surface area contributed by atoms with Gasteiger partial charge in [-0.1, -0.05) is 18.2 Å². The lowest BCUT2D eigenvalue weighted by Gasteiger charge is -2.04. The van der Waals surface area contributed by atoms with Gasteiger partial charge in [0.15, 0.2) is 0 Å². The van der Waals surface area contributed by atoms with E-state index < -0.39 is 0 Å². The van der Waals surface area contributed by atoms with Gasteiger partial charge in [0.2, 0.25) is 0 Å². The second-order valence-electron chi connectivity index (χ2n) is 5.61. The molecule has 3 heteroatoms. The van der Waals surface area contributed by atoms with Crippen molar-refractivity contribution in [3.05, 3.63) is 54.4 Å². The van der Waals surface area contributed by atoms with Crippen molar-refractivity contribution in [1.29, 1.82) is 0 Å². The summed E-state index contributed by atoms with van der Waals surface area (Å²) in [7, 11) is 4.20. The number of aromatic nitrogens is 2. The van der Waals surface area contributed by atoms with Crippen molar-refractivity contribution in [2.45, 2.75) is 6.92 Å². The predicted molar refractivity (Wildman–Crippen MR) is 89.7 cm³/mol. The second kappa shape index (κ2) is 4.43. The van der Waals surface area contributed by atoms with E-state index in [1.165, 1.54) is 37.1 Å². The lowest BCUT2D eigenvalue weighted by molar-refractivity contribution is -0.659. The molecular formula is C18H17N2S+. The van der Waals surface area contributed by atoms with Crippen molar-refractivity contribution in [2.75, 3.05) is 0 Å². The highest BCUT2D eigenvalue weighted by atomic mass is 32.1. The number of hydrogen-bond acceptors (Lipinski definition) is 1. The minimum atomic E-state index is 1.24. The molecule has 0 aliphatic carbocycles. The van der Waals surface area contributed by atoms with Crippen molar-refractivity contribution < 1.29 is 4.57 Å². The van der Waals surface area contributed by atoms with Crippen LogP contribution in [0.5, 0.6) is 0 Å². The second-order valence-corrected chi connectivity index (χ2v) is 6.69. The van der Waals surface area contributed by atoms with E-state index in [1.807, 2.05) is 11.3 Å². The Labute approximate surface area is 127 Å². The molecule has 0 radical (unpaired) electrons. The Bertz CT molecular complexity index is 956. The third kappa shape index (κ3) is 1.81. The smallest absolute Gasteiger partial charge is 0.233 e. The van der Waals surface area contributed by atoms with E-state index in [2.05, 4.69) is 78.9 Å². The van der Waals surface area contributed by atoms with Crippen LogP contribution in [0.15, 0.2) is 48.8 Å². The normalized spacial score (nSPS) is 11.6. The van der Waals surface area contributed by atoms with Crippen LogP contribution >= 0.6 is 11.3 Å². The molecule has 0 bridgehead atoms. The minimum absolute atomic E-state index is 1.24. The van der Waals surface area contributed by atoms with Crippen LogP contribution in [0.25, 0.3) is 31.6 Å². The lowest BCUT2D eigenvalue weighted by Crippen LogP contribution is -2.29. The zero-order chi connectivity index (χ0) is 14.6. The highest BCUT2D eigenvalue weighted by molar-refractivity contribution is 7.25. The standard InChI is InChI=1S/C18H17N2S/c1-12-10-17-15(13-6-4-5-7-16(13)21-17)11-14(12)18-19(2)8-9-20(18)3/h4-11H,1-3H3/q+1. The molecule has 104 valence electrons. The Morgan fingerprint density at radius 3 is 2.62 bits per heavy atom. The average molecular weight is 293 g/mol. The number of rotatable bonds is 1. The maximum absolute atomic E-state index is 2.35. The molecule has 0 saturated carbocycles. The van der Waals surface area contributed by atoms with E-state index in [0.717, 1.165) is 0 Å². The minimum Gasteiger partial charge on any atom is -0.233 e. The molecule has 0 amide bonds. The Hall–Kier alpha value is -2.13. The predicted octanol–water partition coefficient (Wildman–Crippen LogP) is 4.19. The average Bonchev–Trinajstić information content (AvgIpc) is 2.98. The van der Waals surface area contributed by atoms with E-state index >= 15 is 0 Å². The van der Waals surface area contributed by atoms with Gasteiger partial charge in [-0.25, -0.2) is 9.13 Å². The number of nitrogens with zero attached hydrogens (tertiary/aromatic N) is 2. The van der Waals surface area contributed by atoms with E-state index in [-0.39, 0.29) is 0 Å². The number of thiophene rings is 1. The number of aryl methyl sites for hydroxylation is 3. The van der Waals surface area contributed by atoms with Crippen LogP contribution in [-0.4, -0.2) is 4.57 Å². The summed E-state index contributed by atoms with van der Waals surface area (Å²) in [6, 6.07) is 13.3. The summed E-state index contributed by atoms with van der Waals surface area (Å²) >= 11 is 1.88. The Morgan fingerprint density at radius 1 is 1.05 bits per heavy atom. The van der Waals surface area contributed by atoms with Gasteiger partial charge in [0, 0.05) is 20.2 Å². The van der Waals surface area contributed by atoms with Gasteiger partial charge in [0.1, 0.15) is 12.4 Å². The molecule has 21 heavy (non-hydrogen) atoms. The summed E-state index contributed by atoms with van der Waals surface area (Å²) in [5, 5.41) is 2.72. The van der Waals surface area contributed by atoms with Gasteiger partial charge in [-0.2, -0.15) is 0 Å². The maximum Gasteiger partial charge on any atom is 0.288 e. The molecule has 0 aliphatic heterocycles. The van der Waals surface area contributed by atoms with Crippen LogP contribution in [0, 0.1) is 6.92 Å². The van der Waals surface area contributed by atoms with Crippen LogP contribution in [0.3, 0.4) is 0 Å². The van der Waals surface area contributed by atoms with Crippen molar-refractivity contribution in [1.82, 2.24) is 4.57 Å². The molecule has 4 aromatic rings. The number of fused-ring (bicyclic) bond motifs is 3. The molecule has 2 aromatic carbocycles. The first kappa shape index (κ1) is 12.6. The third-order valence-corrected chi connectivity index (χ3v) is 5.28. The summed E-state index contributed by atoms with van der Waals surface area (Å²) in [5.41, 5.74) is 2.63. The molecule has 0 saturated heterocycles. The van der Waals surface area contributed by atoms with Gasteiger partial charge >= 0.3 is 0 Å². The van der Waals surface area contributed by atoms with E-state index in [0.29, 0.717) is 0 Å². The topological polar surface area (TPSA) is 8.81 Å². The van der Waals surface area contributed by atoms with Gasteiger partial charge < -0.3 is 0 Å². The zero-order valence-corrected chi connectivity index (χ0v) is 13.2. The fourth-order valence-electron chi connectivity index (χ4n) is 3.08. The summed E-state index contributed by atoms with van der Waals surface area (Å²) in [5.74, 6) is 1.24. The highest BCUT2D eigenvalue weighted by Gasteiger charge is 2.18. The molecule has 0 spiro atoms. The molecule has 2 heterocycles. The molecule has 0 aliphatic rings. The SMILES string of the molecule is Cc1cc2sc3ccccc3c2cc1-c1n(C)cc[n+]1C. The van der Waals surface area contributed by atoms with Crippen molar-refractivity contribution >= 4 is 31.5 Å². The molecule has 0 atom stereocenters. The maximum atomic E-state index is 2.35. The lowest BCUT2D eigenvalue weighted by atomic mass is 10.0. The summed E-state index contributed by atoms with van der Waals surface area (Å²) in [4.78, 5) is 0. The highest BCUT2D eigenvalue weighted by Crippen LogP contribution is 2.37. The fraction of sp³-hybridized carbons (Fsp3) is 0.167. The van der Waals surface area contributed by atoms with Crippen molar-refractivity contribution in [2.24, 2.45) is 14.1 Å².